The van der Waals surface area contributed by atoms with Gasteiger partial charge < -0.3 is 10.5 Å². The SMILES string of the molecule is C#C[C@@]1(c2cc(CC(=O)c3ncc(Cl)cc3Cl)ccc2F)CCOC(N)=N1. The van der Waals surface area contributed by atoms with Crippen molar-refractivity contribution in [3.05, 3.63) is 63.1 Å². The van der Waals surface area contributed by atoms with Crippen LogP contribution in [0.5, 0.6) is 0 Å². The van der Waals surface area contributed by atoms with Crippen molar-refractivity contribution >= 4 is 35.0 Å². The molecule has 0 bridgehead atoms. The maximum Gasteiger partial charge on any atom is 0.283 e. The highest BCUT2D eigenvalue weighted by molar-refractivity contribution is 6.36. The topological polar surface area (TPSA) is 77.6 Å². The van der Waals surface area contributed by atoms with E-state index in [-0.39, 0.29) is 47.5 Å². The number of aromatic nitrogens is 1. The number of pyridine rings is 1. The van der Waals surface area contributed by atoms with E-state index in [1.165, 1.54) is 30.5 Å². The summed E-state index contributed by atoms with van der Waals surface area (Å²) in [5, 5.41) is 0.475. The first-order valence-corrected chi connectivity index (χ1v) is 8.69. The maximum atomic E-state index is 14.5. The van der Waals surface area contributed by atoms with Gasteiger partial charge in [-0.25, -0.2) is 14.4 Å². The van der Waals surface area contributed by atoms with E-state index in [4.69, 9.17) is 40.1 Å². The van der Waals surface area contributed by atoms with E-state index in [1.807, 2.05) is 0 Å². The Morgan fingerprint density at radius 1 is 1.41 bits per heavy atom. The molecule has 0 amide bonds. The Morgan fingerprint density at radius 3 is 2.85 bits per heavy atom. The number of rotatable bonds is 4. The van der Waals surface area contributed by atoms with Crippen LogP contribution in [0, 0.1) is 18.2 Å². The van der Waals surface area contributed by atoms with Gasteiger partial charge in [0.25, 0.3) is 6.02 Å². The van der Waals surface area contributed by atoms with E-state index in [0.717, 1.165) is 0 Å². The number of carbonyl (C=O) groups excluding carboxylic acids is 1. The first-order valence-electron chi connectivity index (χ1n) is 7.93. The van der Waals surface area contributed by atoms with Crippen molar-refractivity contribution in [1.29, 1.82) is 0 Å². The summed E-state index contributed by atoms with van der Waals surface area (Å²) in [5.74, 6) is 1.64. The number of halogens is 3. The fourth-order valence-corrected chi connectivity index (χ4v) is 3.33. The molecular formula is C19H14Cl2FN3O2. The summed E-state index contributed by atoms with van der Waals surface area (Å²) < 4.78 is 19.6. The number of carbonyl (C=O) groups is 1. The molecular weight excluding hydrogens is 392 g/mol. The standard InChI is InChI=1S/C19H14Cl2FN3O2/c1-2-19(5-6-27-18(23)25-19)13-7-11(3-4-15(13)22)8-16(26)17-14(21)9-12(20)10-24-17/h1,3-4,7,9-10H,5-6,8H2,(H2,23,25)/t19-/m0/s1. The zero-order chi connectivity index (χ0) is 19.6. The third-order valence-electron chi connectivity index (χ3n) is 4.17. The second kappa shape index (κ2) is 7.55. The molecule has 27 heavy (non-hydrogen) atoms. The summed E-state index contributed by atoms with van der Waals surface area (Å²) in [5.41, 5.74) is 5.14. The Morgan fingerprint density at radius 2 is 2.19 bits per heavy atom. The highest BCUT2D eigenvalue weighted by Crippen LogP contribution is 2.34. The molecule has 0 fully saturated rings. The molecule has 2 N–H and O–H groups in total. The van der Waals surface area contributed by atoms with Crippen molar-refractivity contribution in [3.63, 3.8) is 0 Å². The predicted octanol–water partition coefficient (Wildman–Crippen LogP) is 3.52. The second-order valence-electron chi connectivity index (χ2n) is 5.95. The van der Waals surface area contributed by atoms with Crippen LogP contribution in [-0.4, -0.2) is 23.4 Å². The summed E-state index contributed by atoms with van der Waals surface area (Å²) in [4.78, 5) is 20.6. The average Bonchev–Trinajstić information content (AvgIpc) is 2.63. The summed E-state index contributed by atoms with van der Waals surface area (Å²) in [6.07, 6.45) is 7.20. The van der Waals surface area contributed by atoms with E-state index in [2.05, 4.69) is 15.9 Å². The third kappa shape index (κ3) is 3.90. The van der Waals surface area contributed by atoms with Crippen LogP contribution in [0.15, 0.2) is 35.5 Å². The highest BCUT2D eigenvalue weighted by atomic mass is 35.5. The van der Waals surface area contributed by atoms with Gasteiger partial charge in [0.05, 0.1) is 16.7 Å². The van der Waals surface area contributed by atoms with Gasteiger partial charge >= 0.3 is 0 Å². The molecule has 0 radical (unpaired) electrons. The van der Waals surface area contributed by atoms with Gasteiger partial charge in [0.1, 0.15) is 11.5 Å². The van der Waals surface area contributed by atoms with E-state index < -0.39 is 11.4 Å². The quantitative estimate of drug-likeness (QED) is 0.623. The van der Waals surface area contributed by atoms with Crippen molar-refractivity contribution in [3.8, 4) is 12.3 Å². The van der Waals surface area contributed by atoms with Gasteiger partial charge in [-0.3, -0.25) is 4.79 Å². The van der Waals surface area contributed by atoms with Crippen LogP contribution < -0.4 is 5.73 Å². The molecule has 0 saturated carbocycles. The van der Waals surface area contributed by atoms with Gasteiger partial charge in [0.15, 0.2) is 11.3 Å². The van der Waals surface area contributed by atoms with E-state index in [1.54, 1.807) is 0 Å². The van der Waals surface area contributed by atoms with Crippen molar-refractivity contribution in [1.82, 2.24) is 4.98 Å². The smallest absolute Gasteiger partial charge is 0.283 e. The molecule has 2 aromatic rings. The number of hydrogen-bond acceptors (Lipinski definition) is 5. The van der Waals surface area contributed by atoms with Crippen LogP contribution in [0.3, 0.4) is 0 Å². The number of Topliss-reactive ketones (excluding diaryl/α,β-unsaturated/α-hetero) is 1. The van der Waals surface area contributed by atoms with Crippen LogP contribution >= 0.6 is 23.2 Å². The predicted molar refractivity (Wildman–Crippen MR) is 101 cm³/mol. The normalized spacial score (nSPS) is 19.0. The average molecular weight is 406 g/mol. The number of amidine groups is 1. The molecule has 1 aliphatic rings. The van der Waals surface area contributed by atoms with Gasteiger partial charge in [-0.05, 0) is 23.8 Å². The first kappa shape index (κ1) is 19.2. The van der Waals surface area contributed by atoms with Crippen LogP contribution in [-0.2, 0) is 16.7 Å². The van der Waals surface area contributed by atoms with E-state index in [0.29, 0.717) is 10.6 Å². The number of nitrogens with zero attached hydrogens (tertiary/aromatic N) is 2. The van der Waals surface area contributed by atoms with Crippen LogP contribution in [0.1, 0.15) is 28.0 Å². The van der Waals surface area contributed by atoms with Crippen LogP contribution in [0.4, 0.5) is 4.39 Å². The molecule has 3 rings (SSSR count). The van der Waals surface area contributed by atoms with Gasteiger partial charge in [0, 0.05) is 24.6 Å². The van der Waals surface area contributed by atoms with Crippen molar-refractivity contribution < 1.29 is 13.9 Å². The number of nitrogens with two attached hydrogens (primary N) is 1. The van der Waals surface area contributed by atoms with Crippen molar-refractivity contribution in [2.75, 3.05) is 6.61 Å². The number of ketones is 1. The zero-order valence-corrected chi connectivity index (χ0v) is 15.5. The molecule has 138 valence electrons. The minimum absolute atomic E-state index is 0.0437. The summed E-state index contributed by atoms with van der Waals surface area (Å²) in [6, 6.07) is 5.59. The molecule has 1 aromatic carbocycles. The molecule has 0 aliphatic carbocycles. The Bertz CT molecular complexity index is 987. The molecule has 5 nitrogen and oxygen atoms in total. The van der Waals surface area contributed by atoms with Crippen LogP contribution in [0.25, 0.3) is 0 Å². The molecule has 2 heterocycles. The molecule has 1 aliphatic heterocycles. The van der Waals surface area contributed by atoms with Gasteiger partial charge in [-0.15, -0.1) is 6.42 Å². The van der Waals surface area contributed by atoms with Gasteiger partial charge in [0.2, 0.25) is 0 Å². The van der Waals surface area contributed by atoms with Crippen molar-refractivity contribution in [2.45, 2.75) is 18.4 Å². The minimum Gasteiger partial charge on any atom is -0.465 e. The molecule has 0 unspecified atom stereocenters. The zero-order valence-electron chi connectivity index (χ0n) is 14.0. The van der Waals surface area contributed by atoms with E-state index in [9.17, 15) is 9.18 Å². The van der Waals surface area contributed by atoms with Gasteiger partial charge in [-0.2, -0.15) is 0 Å². The summed E-state index contributed by atoms with van der Waals surface area (Å²) in [7, 11) is 0. The Balaban J connectivity index is 1.95. The summed E-state index contributed by atoms with van der Waals surface area (Å²) in [6.45, 7) is 0.215. The fourth-order valence-electron chi connectivity index (χ4n) is 2.84. The Labute approximate surface area is 165 Å². The number of aliphatic imine (C=N–C) groups is 1. The number of hydrogen-bond donors (Lipinski definition) is 1. The molecule has 1 aromatic heterocycles. The second-order valence-corrected chi connectivity index (χ2v) is 6.79. The fraction of sp³-hybridized carbons (Fsp3) is 0.211. The Kier molecular flexibility index (Phi) is 5.36. The monoisotopic (exact) mass is 405 g/mol. The lowest BCUT2D eigenvalue weighted by molar-refractivity contribution is 0.0988. The molecule has 0 saturated heterocycles. The lowest BCUT2D eigenvalue weighted by Gasteiger charge is -2.29. The molecule has 8 heteroatoms. The minimum atomic E-state index is -1.28. The molecule has 0 spiro atoms. The lowest BCUT2D eigenvalue weighted by atomic mass is 9.86. The maximum absolute atomic E-state index is 14.5. The number of benzene rings is 1. The van der Waals surface area contributed by atoms with Crippen LogP contribution in [0.2, 0.25) is 10.0 Å². The van der Waals surface area contributed by atoms with Crippen molar-refractivity contribution in [2.24, 2.45) is 10.7 Å². The number of terminal acetylenes is 1. The Hall–Kier alpha value is -2.62. The first-order chi connectivity index (χ1) is 12.8. The largest absolute Gasteiger partial charge is 0.465 e. The summed E-state index contributed by atoms with van der Waals surface area (Å²) >= 11 is 11.8. The van der Waals surface area contributed by atoms with Gasteiger partial charge in [-0.1, -0.05) is 35.2 Å². The number of ether oxygens (including phenoxy) is 1. The molecule has 1 atom stereocenters. The third-order valence-corrected chi connectivity index (χ3v) is 4.66. The van der Waals surface area contributed by atoms with E-state index >= 15 is 0 Å². The highest BCUT2D eigenvalue weighted by Gasteiger charge is 2.36. The lowest BCUT2D eigenvalue weighted by Crippen LogP contribution is -2.35.